The first-order valence-electron chi connectivity index (χ1n) is 6.38. The fourth-order valence-corrected chi connectivity index (χ4v) is 2.32. The van der Waals surface area contributed by atoms with Gasteiger partial charge in [-0.05, 0) is 25.8 Å². The lowest BCUT2D eigenvalue weighted by Gasteiger charge is -2.35. The summed E-state index contributed by atoms with van der Waals surface area (Å²) < 4.78 is 5.25. The molecule has 0 aliphatic carbocycles. The van der Waals surface area contributed by atoms with Gasteiger partial charge in [0, 0.05) is 19.0 Å². The Bertz CT molecular complexity index is 223. The summed E-state index contributed by atoms with van der Waals surface area (Å²) in [6.07, 6.45) is 4.45. The molecule has 1 fully saturated rings. The first kappa shape index (κ1) is 14.4. The number of piperidine rings is 1. The number of carbonyl (C=O) groups is 1. The molecule has 1 atom stereocenters. The summed E-state index contributed by atoms with van der Waals surface area (Å²) in [5.41, 5.74) is 0. The number of carboxylic acid groups (broad SMARTS) is 1. The van der Waals surface area contributed by atoms with Crippen LogP contribution in [-0.2, 0) is 9.53 Å². The van der Waals surface area contributed by atoms with Crippen molar-refractivity contribution in [3.8, 4) is 0 Å². The molecule has 1 rings (SSSR count). The maximum atomic E-state index is 10.6. The zero-order valence-corrected chi connectivity index (χ0v) is 10.3. The number of hydrogen-bond acceptors (Lipinski definition) is 4. The summed E-state index contributed by atoms with van der Waals surface area (Å²) in [6, 6.07) is 0.387. The van der Waals surface area contributed by atoms with Crippen molar-refractivity contribution in [1.29, 1.82) is 0 Å². The van der Waals surface area contributed by atoms with Gasteiger partial charge in [-0.3, -0.25) is 9.69 Å². The third-order valence-electron chi connectivity index (χ3n) is 3.20. The van der Waals surface area contributed by atoms with E-state index in [1.165, 1.54) is 12.8 Å². The van der Waals surface area contributed by atoms with Crippen LogP contribution < -0.4 is 0 Å². The van der Waals surface area contributed by atoms with Crippen molar-refractivity contribution in [3.63, 3.8) is 0 Å². The fraction of sp³-hybridized carbons (Fsp3) is 0.917. The van der Waals surface area contributed by atoms with E-state index < -0.39 is 5.97 Å². The highest BCUT2D eigenvalue weighted by molar-refractivity contribution is 5.66. The van der Waals surface area contributed by atoms with Gasteiger partial charge in [0.05, 0.1) is 19.8 Å². The Kier molecular flexibility index (Phi) is 7.16. The highest BCUT2D eigenvalue weighted by atomic mass is 16.5. The summed E-state index contributed by atoms with van der Waals surface area (Å²) in [5, 5.41) is 17.3. The van der Waals surface area contributed by atoms with Crippen LogP contribution in [0.4, 0.5) is 0 Å². The van der Waals surface area contributed by atoms with Crippen LogP contribution in [0.1, 0.15) is 32.1 Å². The number of rotatable bonds is 8. The lowest BCUT2D eigenvalue weighted by molar-refractivity contribution is -0.137. The van der Waals surface area contributed by atoms with Crippen LogP contribution in [0.5, 0.6) is 0 Å². The number of likely N-dealkylation sites (tertiary alicyclic amines) is 1. The zero-order chi connectivity index (χ0) is 12.5. The van der Waals surface area contributed by atoms with E-state index in [4.69, 9.17) is 14.9 Å². The zero-order valence-electron chi connectivity index (χ0n) is 10.3. The topological polar surface area (TPSA) is 70.0 Å². The van der Waals surface area contributed by atoms with Gasteiger partial charge in [0.1, 0.15) is 0 Å². The minimum Gasteiger partial charge on any atom is -0.481 e. The predicted molar refractivity (Wildman–Crippen MR) is 64.0 cm³/mol. The Hall–Kier alpha value is -0.650. The minimum absolute atomic E-state index is 0.0580. The first-order valence-corrected chi connectivity index (χ1v) is 6.38. The summed E-state index contributed by atoms with van der Waals surface area (Å²) >= 11 is 0. The number of hydrogen-bond donors (Lipinski definition) is 2. The molecule has 0 radical (unpaired) electrons. The second kappa shape index (κ2) is 8.44. The molecule has 0 bridgehead atoms. The molecule has 0 aromatic heterocycles. The normalized spacial score (nSPS) is 21.6. The molecule has 0 aromatic carbocycles. The Balaban J connectivity index is 2.24. The number of nitrogens with zero attached hydrogens (tertiary/aromatic N) is 1. The van der Waals surface area contributed by atoms with Gasteiger partial charge < -0.3 is 14.9 Å². The molecule has 0 amide bonds. The number of ether oxygens (including phenoxy) is 1. The maximum absolute atomic E-state index is 10.6. The Labute approximate surface area is 102 Å². The lowest BCUT2D eigenvalue weighted by Crippen LogP contribution is -2.41. The van der Waals surface area contributed by atoms with Crippen molar-refractivity contribution in [2.75, 3.05) is 32.9 Å². The summed E-state index contributed by atoms with van der Waals surface area (Å²) in [6.45, 7) is 2.93. The third-order valence-corrected chi connectivity index (χ3v) is 3.20. The smallest absolute Gasteiger partial charge is 0.303 e. The summed E-state index contributed by atoms with van der Waals surface area (Å²) in [5.74, 6) is -0.716. The van der Waals surface area contributed by atoms with Gasteiger partial charge in [-0.2, -0.15) is 0 Å². The number of aliphatic hydroxyl groups is 1. The molecule has 5 nitrogen and oxygen atoms in total. The van der Waals surface area contributed by atoms with Gasteiger partial charge in [-0.15, -0.1) is 0 Å². The first-order chi connectivity index (χ1) is 8.24. The van der Waals surface area contributed by atoms with E-state index in [0.29, 0.717) is 19.3 Å². The van der Waals surface area contributed by atoms with E-state index in [2.05, 4.69) is 4.90 Å². The van der Waals surface area contributed by atoms with E-state index in [0.717, 1.165) is 25.9 Å². The van der Waals surface area contributed by atoms with E-state index in [1.807, 2.05) is 0 Å². The molecule has 1 aliphatic rings. The van der Waals surface area contributed by atoms with E-state index in [9.17, 15) is 4.79 Å². The second-order valence-corrected chi connectivity index (χ2v) is 4.45. The number of carboxylic acids is 1. The maximum Gasteiger partial charge on any atom is 0.303 e. The summed E-state index contributed by atoms with van der Waals surface area (Å²) in [4.78, 5) is 12.9. The molecule has 0 spiro atoms. The van der Waals surface area contributed by atoms with Crippen molar-refractivity contribution in [1.82, 2.24) is 4.90 Å². The average Bonchev–Trinajstić information content (AvgIpc) is 2.33. The van der Waals surface area contributed by atoms with Crippen molar-refractivity contribution in [2.45, 2.75) is 38.1 Å². The fourth-order valence-electron chi connectivity index (χ4n) is 2.32. The average molecular weight is 245 g/mol. The van der Waals surface area contributed by atoms with Crippen molar-refractivity contribution in [2.24, 2.45) is 0 Å². The second-order valence-electron chi connectivity index (χ2n) is 4.45. The molecule has 0 saturated carbocycles. The Morgan fingerprint density at radius 1 is 1.35 bits per heavy atom. The standard InChI is InChI=1S/C12H23NO4/c14-8-10-17-9-7-13-6-2-1-3-11(13)4-5-12(15)16/h11,14H,1-10H2,(H,15,16). The van der Waals surface area contributed by atoms with Gasteiger partial charge >= 0.3 is 5.97 Å². The quantitative estimate of drug-likeness (QED) is 0.616. The Morgan fingerprint density at radius 3 is 2.88 bits per heavy atom. The minimum atomic E-state index is -0.716. The van der Waals surface area contributed by atoms with E-state index in [1.54, 1.807) is 0 Å². The molecule has 1 heterocycles. The van der Waals surface area contributed by atoms with Crippen LogP contribution in [0.2, 0.25) is 0 Å². The van der Waals surface area contributed by atoms with Crippen LogP contribution in [0, 0.1) is 0 Å². The molecule has 1 unspecified atom stereocenters. The highest BCUT2D eigenvalue weighted by Gasteiger charge is 2.22. The molecule has 0 aromatic rings. The van der Waals surface area contributed by atoms with Crippen LogP contribution in [0.15, 0.2) is 0 Å². The largest absolute Gasteiger partial charge is 0.481 e. The molecule has 5 heteroatoms. The molecule has 1 saturated heterocycles. The molecular formula is C12H23NO4. The lowest BCUT2D eigenvalue weighted by atomic mass is 9.98. The van der Waals surface area contributed by atoms with Gasteiger partial charge in [0.2, 0.25) is 0 Å². The summed E-state index contributed by atoms with van der Waals surface area (Å²) in [7, 11) is 0. The van der Waals surface area contributed by atoms with E-state index >= 15 is 0 Å². The molecular weight excluding hydrogens is 222 g/mol. The van der Waals surface area contributed by atoms with Gasteiger partial charge in [-0.1, -0.05) is 6.42 Å². The predicted octanol–water partition coefficient (Wildman–Crippen LogP) is 0.715. The highest BCUT2D eigenvalue weighted by Crippen LogP contribution is 2.20. The van der Waals surface area contributed by atoms with Crippen LogP contribution in [0.3, 0.4) is 0 Å². The SMILES string of the molecule is O=C(O)CCC1CCCCN1CCOCCO. The monoisotopic (exact) mass is 245 g/mol. The van der Waals surface area contributed by atoms with Crippen LogP contribution in [0.25, 0.3) is 0 Å². The third kappa shape index (κ3) is 6.00. The molecule has 1 aliphatic heterocycles. The molecule has 17 heavy (non-hydrogen) atoms. The molecule has 2 N–H and O–H groups in total. The van der Waals surface area contributed by atoms with Crippen molar-refractivity contribution in [3.05, 3.63) is 0 Å². The van der Waals surface area contributed by atoms with Gasteiger partial charge in [-0.25, -0.2) is 0 Å². The van der Waals surface area contributed by atoms with Crippen LogP contribution in [-0.4, -0.2) is 60.0 Å². The van der Waals surface area contributed by atoms with Crippen molar-refractivity contribution >= 4 is 5.97 Å². The van der Waals surface area contributed by atoms with Gasteiger partial charge in [0.25, 0.3) is 0 Å². The van der Waals surface area contributed by atoms with Gasteiger partial charge in [0.15, 0.2) is 0 Å². The number of aliphatic hydroxyl groups excluding tert-OH is 1. The van der Waals surface area contributed by atoms with E-state index in [-0.39, 0.29) is 13.0 Å². The Morgan fingerprint density at radius 2 is 2.18 bits per heavy atom. The van der Waals surface area contributed by atoms with Crippen molar-refractivity contribution < 1.29 is 19.7 Å². The number of aliphatic carboxylic acids is 1. The van der Waals surface area contributed by atoms with Crippen LogP contribution >= 0.6 is 0 Å². The molecule has 100 valence electrons.